The van der Waals surface area contributed by atoms with Gasteiger partial charge >= 0.3 is 85.3 Å². The van der Waals surface area contributed by atoms with Gasteiger partial charge in [0, 0.05) is 78.1 Å². The molecular weight excluding hydrogens is 1700 g/mol. The molecule has 5 atom stereocenters. The highest BCUT2D eigenvalue weighted by Crippen LogP contribution is 2.27. The largest absolute Gasteiger partial charge is 0.480 e. The zero-order valence-electron chi connectivity index (χ0n) is 65.4. The number of benzene rings is 6. The zero-order valence-corrected chi connectivity index (χ0v) is 65.4. The summed E-state index contributed by atoms with van der Waals surface area (Å²) >= 11 is 0. The molecule has 44 heteroatoms. The molecule has 23 nitrogen and oxygen atoms in total. The fourth-order valence-electron chi connectivity index (χ4n) is 8.08. The minimum absolute atomic E-state index is 0.0989. The zero-order chi connectivity index (χ0) is 94.3. The molecule has 0 fully saturated rings. The van der Waals surface area contributed by atoms with Crippen molar-refractivity contribution in [3.05, 3.63) is 215 Å². The summed E-state index contributed by atoms with van der Waals surface area (Å²) in [6, 6.07) is 50.1. The first kappa shape index (κ1) is 116. The second kappa shape index (κ2) is 63.6. The maximum Gasteiger partial charge on any atom is 0.408 e. The molecule has 13 N–H and O–H groups in total. The van der Waals surface area contributed by atoms with Gasteiger partial charge in [-0.2, -0.15) is 97.5 Å². The monoisotopic (exact) mass is 1800 g/mol. The van der Waals surface area contributed by atoms with Crippen LogP contribution in [0.25, 0.3) is 0 Å². The quantitative estimate of drug-likeness (QED) is 0.00789. The summed E-state index contributed by atoms with van der Waals surface area (Å²) in [5, 5.41) is 60.3. The van der Waals surface area contributed by atoms with Gasteiger partial charge in [-0.15, -0.1) is 0 Å². The fourth-order valence-corrected chi connectivity index (χ4v) is 8.08. The number of nitrogens with one attached hydrogen (secondary N) is 4. The number of aliphatic carboxylic acids is 4. The van der Waals surface area contributed by atoms with Gasteiger partial charge in [0.25, 0.3) is 0 Å². The van der Waals surface area contributed by atoms with Crippen LogP contribution < -0.4 is 32.7 Å². The third-order valence-electron chi connectivity index (χ3n) is 14.3. The summed E-state index contributed by atoms with van der Waals surface area (Å²) in [7, 11) is 0. The lowest BCUT2D eigenvalue weighted by Gasteiger charge is -2.15. The van der Waals surface area contributed by atoms with Crippen molar-refractivity contribution < 1.29 is 170 Å². The maximum absolute atomic E-state index is 12.0. The number of nitrogens with zero attached hydrogens (tertiary/aromatic N) is 1. The van der Waals surface area contributed by atoms with Gasteiger partial charge in [-0.05, 0) is 71.9 Å². The van der Waals surface area contributed by atoms with E-state index in [-0.39, 0.29) is 51.5 Å². The first-order chi connectivity index (χ1) is 57.1. The standard InChI is InChI=1S/2C13H14F3NO4.C12H13F3N2.C12H14F3NO2.C9H10O2.C7H9N.C5H8F3NO2.C4H7F3O.C4H5F3O/c2*14-13(15,16)7-6-10(11(18)19)17-12(20)21-8-9-4-2-1-3-5-9;13-12(14,15)7-6-11(8-16)17-9-10-4-2-1-3-5-10;13-12(14,15)7-6-10(11(17)18)16-8-9-4-2-1-3-5-9;1-8(10)11-7-9-5-3-2-4-6-9;8-6-7-4-2-1-3-5-7;6-5(7,8)2-1-3(9)4(10)11;2*5-4(6,7)2-1-3-8/h2*1-5,10H,6-8H2,(H,17,20)(H,18,19);1-5,11,17H,6-7,9H2;1-5,10,16H,6-8H2,(H,17,18);2-6H,7H2,1H3;1-5H,6,8H2;3H,1-2,9H2,(H,10,11);8H,1-3H2;3H,1-2H2/t2*10-;;;;;;;/m10......./s1. The van der Waals surface area contributed by atoms with E-state index in [9.17, 15) is 131 Å². The summed E-state index contributed by atoms with van der Waals surface area (Å²) in [5.41, 5.74) is 15.5. The van der Waals surface area contributed by atoms with Crippen molar-refractivity contribution in [2.24, 2.45) is 11.5 Å². The van der Waals surface area contributed by atoms with Gasteiger partial charge < -0.3 is 72.0 Å². The van der Waals surface area contributed by atoms with Crippen molar-refractivity contribution in [1.82, 2.24) is 21.3 Å². The lowest BCUT2D eigenvalue weighted by molar-refractivity contribution is -0.147. The van der Waals surface area contributed by atoms with Crippen LogP contribution in [0.15, 0.2) is 182 Å². The molecule has 6 aromatic rings. The van der Waals surface area contributed by atoms with Gasteiger partial charge in [0.1, 0.15) is 50.3 Å². The number of halogens is 21. The number of hydrogen-bond acceptors (Lipinski definition) is 17. The number of ether oxygens (including phenoxy) is 3. The number of carboxylic acids is 4. The Balaban J connectivity index is -0.00000135. The molecule has 0 aliphatic heterocycles. The van der Waals surface area contributed by atoms with Crippen molar-refractivity contribution in [2.75, 3.05) is 6.61 Å². The predicted molar refractivity (Wildman–Crippen MR) is 402 cm³/mol. The van der Waals surface area contributed by atoms with E-state index in [1.807, 2.05) is 114 Å². The number of esters is 1. The lowest BCUT2D eigenvalue weighted by Crippen LogP contribution is -2.41. The minimum Gasteiger partial charge on any atom is -0.480 e. The molecule has 0 aliphatic rings. The summed E-state index contributed by atoms with van der Waals surface area (Å²) in [6.45, 7) is 2.46. The molecule has 123 heavy (non-hydrogen) atoms. The molecule has 2 amide bonds. The molecule has 3 unspecified atom stereocenters. The number of nitrogens with two attached hydrogens (primary N) is 2. The highest BCUT2D eigenvalue weighted by Gasteiger charge is 2.35. The molecule has 0 saturated carbocycles. The lowest BCUT2D eigenvalue weighted by atomic mass is 10.1. The SMILES string of the molecule is CC(=O)OCc1ccccc1.N#CC(CCC(F)(F)F)NCc1ccccc1.NC(CCC(F)(F)F)C(=O)O.NCc1ccccc1.O=C(N[C@@H](CCC(F)(F)F)C(=O)O)OCc1ccccc1.O=C(N[C@H](CCC(F)(F)F)C(=O)O)OCc1ccccc1.O=C(O)C(CCC(F)(F)F)NCc1ccccc1.O=CCCC(F)(F)F.OCCCC(F)(F)F. The molecule has 688 valence electrons. The number of alkyl carbamates (subject to hydrolysis) is 2. The van der Waals surface area contributed by atoms with Crippen LogP contribution in [-0.2, 0) is 82.4 Å². The number of aliphatic hydroxyl groups excluding tert-OH is 1. The summed E-state index contributed by atoms with van der Waals surface area (Å²) in [6.07, 6.45) is -43.1. The van der Waals surface area contributed by atoms with Crippen LogP contribution in [0.1, 0.15) is 130 Å². The van der Waals surface area contributed by atoms with Crippen LogP contribution in [0.5, 0.6) is 0 Å². The van der Waals surface area contributed by atoms with Gasteiger partial charge in [-0.25, -0.2) is 19.2 Å². The van der Waals surface area contributed by atoms with Crippen LogP contribution in [0, 0.1) is 11.3 Å². The minimum atomic E-state index is -4.48. The normalized spacial score (nSPS) is 12.3. The van der Waals surface area contributed by atoms with E-state index in [4.69, 9.17) is 56.5 Å². The van der Waals surface area contributed by atoms with Crippen LogP contribution in [0.3, 0.4) is 0 Å². The van der Waals surface area contributed by atoms with Gasteiger partial charge in [0.2, 0.25) is 0 Å². The van der Waals surface area contributed by atoms with E-state index in [0.717, 1.165) is 16.7 Å². The van der Waals surface area contributed by atoms with Crippen LogP contribution in [0.2, 0.25) is 0 Å². The number of rotatable bonds is 33. The van der Waals surface area contributed by atoms with E-state index in [1.165, 1.54) is 12.5 Å². The molecule has 0 saturated heterocycles. The average Bonchev–Trinajstić information content (AvgIpc) is 0.915. The average molecular weight is 1800 g/mol. The number of alkyl halides is 21. The smallest absolute Gasteiger partial charge is 0.408 e. The number of carbonyl (C=O) groups excluding carboxylic acids is 4. The highest BCUT2D eigenvalue weighted by molar-refractivity contribution is 5.80. The number of aliphatic hydroxyl groups is 1. The second-order valence-corrected chi connectivity index (χ2v) is 24.9. The summed E-state index contributed by atoms with van der Waals surface area (Å²) < 4.78 is 260. The van der Waals surface area contributed by atoms with Crippen LogP contribution in [-0.4, -0.2) is 154 Å². The van der Waals surface area contributed by atoms with E-state index in [2.05, 4.69) is 10.6 Å². The summed E-state index contributed by atoms with van der Waals surface area (Å²) in [4.78, 5) is 84.8. The molecule has 0 aliphatic carbocycles. The summed E-state index contributed by atoms with van der Waals surface area (Å²) in [5.74, 6) is -6.01. The molecule has 0 heterocycles. The number of carboxylic acid groups (broad SMARTS) is 4. The highest BCUT2D eigenvalue weighted by atomic mass is 19.4. The Bertz CT molecular complexity index is 3770. The Morgan fingerprint density at radius 1 is 0.390 bits per heavy atom. The Hall–Kier alpha value is -11.3. The van der Waals surface area contributed by atoms with Crippen molar-refractivity contribution in [2.45, 2.75) is 210 Å². The van der Waals surface area contributed by atoms with Crippen molar-refractivity contribution in [1.29, 1.82) is 5.26 Å². The van der Waals surface area contributed by atoms with Gasteiger partial charge in [-0.3, -0.25) is 19.7 Å². The molecule has 6 aromatic carbocycles. The number of hydrogen-bond donors (Lipinski definition) is 11. The molecule has 0 bridgehead atoms. The number of carbonyl (C=O) groups is 8. The third-order valence-corrected chi connectivity index (χ3v) is 14.3. The number of nitriles is 1. The second-order valence-electron chi connectivity index (χ2n) is 24.9. The van der Waals surface area contributed by atoms with Gasteiger partial charge in [0.05, 0.1) is 18.5 Å². The van der Waals surface area contributed by atoms with Crippen molar-refractivity contribution >= 4 is 48.3 Å². The first-order valence-electron chi connectivity index (χ1n) is 36.1. The Kier molecular flexibility index (Phi) is 59.9. The van der Waals surface area contributed by atoms with E-state index in [1.54, 1.807) is 84.9 Å². The van der Waals surface area contributed by atoms with E-state index >= 15 is 0 Å². The number of amides is 2. The Labute approximate surface area is 692 Å². The van der Waals surface area contributed by atoms with Crippen molar-refractivity contribution in [3.63, 3.8) is 0 Å². The Morgan fingerprint density at radius 3 is 0.911 bits per heavy atom. The van der Waals surface area contributed by atoms with E-state index in [0.29, 0.717) is 30.8 Å². The molecule has 0 spiro atoms. The first-order valence-corrected chi connectivity index (χ1v) is 36.1. The van der Waals surface area contributed by atoms with E-state index < -0.39 is 187 Å². The topological polar surface area (TPSA) is 389 Å². The van der Waals surface area contributed by atoms with Crippen LogP contribution in [0.4, 0.5) is 102 Å². The Morgan fingerprint density at radius 2 is 0.667 bits per heavy atom. The van der Waals surface area contributed by atoms with Crippen LogP contribution >= 0.6 is 0 Å². The molecule has 6 rings (SSSR count). The maximum atomic E-state index is 12.0. The predicted octanol–water partition coefficient (Wildman–Crippen LogP) is 17.5. The third kappa shape index (κ3) is 77.8. The number of aldehydes is 1. The fraction of sp³-hybridized carbons (Fsp3) is 0.430. The molecule has 0 radical (unpaired) electrons. The van der Waals surface area contributed by atoms with Gasteiger partial charge in [-0.1, -0.05) is 182 Å². The van der Waals surface area contributed by atoms with Gasteiger partial charge in [0.15, 0.2) is 0 Å². The van der Waals surface area contributed by atoms with Crippen molar-refractivity contribution in [3.8, 4) is 6.07 Å². The molecular formula is C79H94F21N7O16. The molecule has 0 aromatic heterocycles.